The van der Waals surface area contributed by atoms with Gasteiger partial charge >= 0.3 is 0 Å². The van der Waals surface area contributed by atoms with Crippen LogP contribution in [0.2, 0.25) is 0 Å². The third-order valence-electron chi connectivity index (χ3n) is 2.99. The largest absolute Gasteiger partial charge is 0.247 e. The first kappa shape index (κ1) is 10.0. The smallest absolute Gasteiger partial charge is 0.100 e. The number of hydrogen-bond donors (Lipinski definition) is 0. The van der Waals surface area contributed by atoms with Gasteiger partial charge in [0.2, 0.25) is 0 Å². The quantitative estimate of drug-likeness (QED) is 0.560. The van der Waals surface area contributed by atoms with Crippen molar-refractivity contribution in [2.24, 2.45) is 5.92 Å². The molecule has 0 spiro atoms. The van der Waals surface area contributed by atoms with Crippen LogP contribution in [0.1, 0.15) is 58.3 Å². The Kier molecular flexibility index (Phi) is 4.63. The Morgan fingerprint density at radius 2 is 1.75 bits per heavy atom. The summed E-state index contributed by atoms with van der Waals surface area (Å²) in [4.78, 5) is 0. The maximum absolute atomic E-state index is 12.7. The van der Waals surface area contributed by atoms with Crippen LogP contribution in [0.3, 0.4) is 0 Å². The van der Waals surface area contributed by atoms with E-state index in [1.165, 1.54) is 25.7 Å². The van der Waals surface area contributed by atoms with Gasteiger partial charge in [-0.3, -0.25) is 0 Å². The lowest BCUT2D eigenvalue weighted by Crippen LogP contribution is -2.14. The molecule has 0 amide bonds. The Hall–Kier alpha value is -0.0700. The molecule has 0 radical (unpaired) electrons. The van der Waals surface area contributed by atoms with Crippen molar-refractivity contribution >= 4 is 0 Å². The van der Waals surface area contributed by atoms with Crippen LogP contribution in [0.15, 0.2) is 0 Å². The van der Waals surface area contributed by atoms with Crippen LogP contribution in [0, 0.1) is 5.92 Å². The van der Waals surface area contributed by atoms with Crippen molar-refractivity contribution in [2.75, 3.05) is 0 Å². The Labute approximate surface area is 75.5 Å². The summed E-state index contributed by atoms with van der Waals surface area (Å²) in [6.07, 6.45) is 8.84. The maximum Gasteiger partial charge on any atom is 0.100 e. The standard InChI is InChI=1S/C11H21F/c1-2-3-4-5-10-6-8-11(12)9-7-10/h10-11H,2-9H2,1H3. The highest BCUT2D eigenvalue weighted by Gasteiger charge is 2.19. The van der Waals surface area contributed by atoms with Gasteiger partial charge in [0.05, 0.1) is 0 Å². The highest BCUT2D eigenvalue weighted by Crippen LogP contribution is 2.29. The molecule has 1 saturated carbocycles. The molecule has 1 rings (SSSR count). The van der Waals surface area contributed by atoms with Crippen molar-refractivity contribution in [3.63, 3.8) is 0 Å². The highest BCUT2D eigenvalue weighted by molar-refractivity contribution is 4.71. The Bertz CT molecular complexity index is 104. The van der Waals surface area contributed by atoms with E-state index in [1.54, 1.807) is 0 Å². The molecule has 0 aromatic heterocycles. The van der Waals surface area contributed by atoms with Gasteiger partial charge in [0, 0.05) is 0 Å². The first-order chi connectivity index (χ1) is 5.83. The number of alkyl halides is 1. The van der Waals surface area contributed by atoms with Gasteiger partial charge in [0.25, 0.3) is 0 Å². The number of hydrogen-bond acceptors (Lipinski definition) is 0. The van der Waals surface area contributed by atoms with Gasteiger partial charge in [-0.15, -0.1) is 0 Å². The van der Waals surface area contributed by atoms with Crippen LogP contribution in [0.4, 0.5) is 4.39 Å². The summed E-state index contributed by atoms with van der Waals surface area (Å²) in [7, 11) is 0. The third-order valence-corrected chi connectivity index (χ3v) is 2.99. The maximum atomic E-state index is 12.7. The molecule has 1 aliphatic carbocycles. The summed E-state index contributed by atoms with van der Waals surface area (Å²) in [5.74, 6) is 0.851. The van der Waals surface area contributed by atoms with E-state index in [4.69, 9.17) is 0 Å². The molecule has 0 heterocycles. The molecule has 0 aliphatic heterocycles. The molecule has 0 bridgehead atoms. The fourth-order valence-electron chi connectivity index (χ4n) is 2.09. The van der Waals surface area contributed by atoms with Crippen molar-refractivity contribution in [3.8, 4) is 0 Å². The zero-order valence-electron chi connectivity index (χ0n) is 8.19. The molecule has 0 nitrogen and oxygen atoms in total. The van der Waals surface area contributed by atoms with Gasteiger partial charge in [-0.1, -0.05) is 32.6 Å². The molecule has 0 aromatic carbocycles. The molecule has 1 heteroatoms. The minimum absolute atomic E-state index is 0.479. The van der Waals surface area contributed by atoms with Crippen LogP contribution in [-0.2, 0) is 0 Å². The van der Waals surface area contributed by atoms with Crippen LogP contribution in [-0.4, -0.2) is 6.17 Å². The van der Waals surface area contributed by atoms with Crippen molar-refractivity contribution in [3.05, 3.63) is 0 Å². The SMILES string of the molecule is CCCCCC1CCC(F)CC1. The van der Waals surface area contributed by atoms with Crippen molar-refractivity contribution in [1.82, 2.24) is 0 Å². The number of rotatable bonds is 4. The fourth-order valence-corrected chi connectivity index (χ4v) is 2.09. The molecular weight excluding hydrogens is 151 g/mol. The first-order valence-electron chi connectivity index (χ1n) is 5.47. The summed E-state index contributed by atoms with van der Waals surface area (Å²) in [6, 6.07) is 0. The molecule has 0 atom stereocenters. The van der Waals surface area contributed by atoms with Crippen molar-refractivity contribution in [2.45, 2.75) is 64.5 Å². The van der Waals surface area contributed by atoms with Crippen LogP contribution in [0.25, 0.3) is 0 Å². The molecule has 0 unspecified atom stereocenters. The Balaban J connectivity index is 2.01. The molecule has 72 valence electrons. The lowest BCUT2D eigenvalue weighted by atomic mass is 9.85. The summed E-state index contributed by atoms with van der Waals surface area (Å²) < 4.78 is 12.7. The zero-order valence-corrected chi connectivity index (χ0v) is 8.19. The average molecular weight is 172 g/mol. The molecule has 1 aliphatic rings. The van der Waals surface area contributed by atoms with Gasteiger partial charge in [0.15, 0.2) is 0 Å². The predicted molar refractivity (Wildman–Crippen MR) is 51.0 cm³/mol. The number of halogens is 1. The lowest BCUT2D eigenvalue weighted by molar-refractivity contribution is 0.199. The van der Waals surface area contributed by atoms with E-state index in [9.17, 15) is 4.39 Å². The third kappa shape index (κ3) is 3.55. The van der Waals surface area contributed by atoms with Gasteiger partial charge < -0.3 is 0 Å². The minimum atomic E-state index is -0.479. The Morgan fingerprint density at radius 3 is 2.33 bits per heavy atom. The van der Waals surface area contributed by atoms with E-state index in [1.807, 2.05) is 0 Å². The van der Waals surface area contributed by atoms with E-state index >= 15 is 0 Å². The summed E-state index contributed by atoms with van der Waals surface area (Å²) in [6.45, 7) is 2.23. The second kappa shape index (κ2) is 5.55. The van der Waals surface area contributed by atoms with Gasteiger partial charge in [-0.05, 0) is 31.6 Å². The van der Waals surface area contributed by atoms with Crippen molar-refractivity contribution < 1.29 is 4.39 Å². The highest BCUT2D eigenvalue weighted by atomic mass is 19.1. The van der Waals surface area contributed by atoms with Crippen molar-refractivity contribution in [1.29, 1.82) is 0 Å². The van der Waals surface area contributed by atoms with Gasteiger partial charge in [-0.25, -0.2) is 4.39 Å². The van der Waals surface area contributed by atoms with E-state index < -0.39 is 6.17 Å². The topological polar surface area (TPSA) is 0 Å². The molecule has 1 fully saturated rings. The van der Waals surface area contributed by atoms with Crippen LogP contribution in [0.5, 0.6) is 0 Å². The predicted octanol–water partition coefficient (Wildman–Crippen LogP) is 4.10. The molecule has 12 heavy (non-hydrogen) atoms. The Morgan fingerprint density at radius 1 is 1.08 bits per heavy atom. The normalized spacial score (nSPS) is 30.5. The van der Waals surface area contributed by atoms with E-state index in [2.05, 4.69) is 6.92 Å². The first-order valence-corrected chi connectivity index (χ1v) is 5.47. The second-order valence-electron chi connectivity index (χ2n) is 4.11. The van der Waals surface area contributed by atoms with E-state index in [-0.39, 0.29) is 0 Å². The molecule has 0 saturated heterocycles. The minimum Gasteiger partial charge on any atom is -0.247 e. The molecular formula is C11H21F. The lowest BCUT2D eigenvalue weighted by Gasteiger charge is -2.23. The van der Waals surface area contributed by atoms with E-state index in [0.29, 0.717) is 0 Å². The second-order valence-corrected chi connectivity index (χ2v) is 4.11. The van der Waals surface area contributed by atoms with E-state index in [0.717, 1.165) is 31.6 Å². The van der Waals surface area contributed by atoms with Crippen LogP contribution >= 0.6 is 0 Å². The fraction of sp³-hybridized carbons (Fsp3) is 1.00. The molecule has 0 aromatic rings. The monoisotopic (exact) mass is 172 g/mol. The summed E-state index contributed by atoms with van der Waals surface area (Å²) >= 11 is 0. The average Bonchev–Trinajstić information content (AvgIpc) is 2.09. The van der Waals surface area contributed by atoms with Gasteiger partial charge in [0.1, 0.15) is 6.17 Å². The molecule has 0 N–H and O–H groups in total. The van der Waals surface area contributed by atoms with Crippen LogP contribution < -0.4 is 0 Å². The summed E-state index contributed by atoms with van der Waals surface area (Å²) in [5.41, 5.74) is 0. The number of unbranched alkanes of at least 4 members (excludes halogenated alkanes) is 2. The zero-order chi connectivity index (χ0) is 8.81. The van der Waals surface area contributed by atoms with Gasteiger partial charge in [-0.2, -0.15) is 0 Å². The summed E-state index contributed by atoms with van der Waals surface area (Å²) in [5, 5.41) is 0.